The lowest BCUT2D eigenvalue weighted by Crippen LogP contribution is -2.33. The molecule has 0 radical (unpaired) electrons. The minimum atomic E-state index is -1.11. The number of anilines is 1. The molecule has 2 rings (SSSR count). The third kappa shape index (κ3) is 4.87. The highest BCUT2D eigenvalue weighted by Gasteiger charge is 2.05. The number of ether oxygens (including phenoxy) is 1. The van der Waals surface area contributed by atoms with Gasteiger partial charge in [-0.25, -0.2) is 4.79 Å². The summed E-state index contributed by atoms with van der Waals surface area (Å²) >= 11 is 0. The van der Waals surface area contributed by atoms with Gasteiger partial charge in [-0.15, -0.1) is 0 Å². The second-order valence-corrected chi connectivity index (χ2v) is 4.14. The van der Waals surface area contributed by atoms with Crippen molar-refractivity contribution in [1.82, 2.24) is 5.32 Å². The molecule has 0 aliphatic heterocycles. The van der Waals surface area contributed by atoms with Gasteiger partial charge in [-0.05, 0) is 24.3 Å². The van der Waals surface area contributed by atoms with Crippen LogP contribution in [-0.4, -0.2) is 23.7 Å². The molecule has 0 fully saturated rings. The summed E-state index contributed by atoms with van der Waals surface area (Å²) in [4.78, 5) is 21.8. The van der Waals surface area contributed by atoms with Crippen molar-refractivity contribution < 1.29 is 19.4 Å². The normalized spacial score (nSPS) is 9.71. The molecule has 0 heterocycles. The number of carbonyl (C=O) groups is 2. The minimum Gasteiger partial charge on any atom is -0.480 e. The number of hydrogen-bond acceptors (Lipinski definition) is 3. The average molecular weight is 286 g/mol. The molecule has 0 bridgehead atoms. The molecule has 6 nitrogen and oxygen atoms in total. The van der Waals surface area contributed by atoms with Crippen LogP contribution in [0.15, 0.2) is 54.6 Å². The van der Waals surface area contributed by atoms with E-state index < -0.39 is 18.5 Å². The Morgan fingerprint density at radius 3 is 2.43 bits per heavy atom. The molecule has 2 aromatic carbocycles. The molecule has 0 saturated carbocycles. The maximum Gasteiger partial charge on any atom is 0.323 e. The van der Waals surface area contributed by atoms with Crippen molar-refractivity contribution in [2.75, 3.05) is 11.9 Å². The van der Waals surface area contributed by atoms with Crippen LogP contribution in [0.4, 0.5) is 10.5 Å². The van der Waals surface area contributed by atoms with Crippen molar-refractivity contribution in [3.8, 4) is 11.5 Å². The predicted molar refractivity (Wildman–Crippen MR) is 77.6 cm³/mol. The van der Waals surface area contributed by atoms with Crippen LogP contribution in [0.5, 0.6) is 11.5 Å². The lowest BCUT2D eigenvalue weighted by atomic mass is 10.3. The van der Waals surface area contributed by atoms with Gasteiger partial charge in [-0.1, -0.05) is 24.3 Å². The van der Waals surface area contributed by atoms with E-state index in [-0.39, 0.29) is 0 Å². The minimum absolute atomic E-state index is 0.438. The monoisotopic (exact) mass is 286 g/mol. The van der Waals surface area contributed by atoms with Crippen LogP contribution in [-0.2, 0) is 4.79 Å². The maximum absolute atomic E-state index is 11.5. The molecule has 0 aliphatic carbocycles. The quantitative estimate of drug-likeness (QED) is 0.788. The topological polar surface area (TPSA) is 87.7 Å². The predicted octanol–water partition coefficient (Wildman–Crippen LogP) is 2.69. The summed E-state index contributed by atoms with van der Waals surface area (Å²) in [6, 6.07) is 15.5. The number of amides is 2. The fourth-order valence-electron chi connectivity index (χ4n) is 1.59. The third-order valence-corrected chi connectivity index (χ3v) is 2.47. The number of hydrogen-bond donors (Lipinski definition) is 3. The standard InChI is InChI=1S/C15H14N2O4/c18-14(19)10-16-15(20)17-11-5-4-8-13(9-11)21-12-6-2-1-3-7-12/h1-9H,10H2,(H,18,19)(H2,16,17,20). The summed E-state index contributed by atoms with van der Waals surface area (Å²) in [5, 5.41) is 13.2. The van der Waals surface area contributed by atoms with Crippen molar-refractivity contribution in [3.63, 3.8) is 0 Å². The van der Waals surface area contributed by atoms with Crippen LogP contribution in [0.2, 0.25) is 0 Å². The molecule has 0 aromatic heterocycles. The van der Waals surface area contributed by atoms with E-state index >= 15 is 0 Å². The van der Waals surface area contributed by atoms with Gasteiger partial charge in [0.2, 0.25) is 0 Å². The Labute approximate surface area is 121 Å². The number of rotatable bonds is 5. The van der Waals surface area contributed by atoms with Crippen LogP contribution in [0, 0.1) is 0 Å². The molecule has 0 atom stereocenters. The number of urea groups is 1. The van der Waals surface area contributed by atoms with Crippen LogP contribution >= 0.6 is 0 Å². The number of carboxylic acid groups (broad SMARTS) is 1. The second-order valence-electron chi connectivity index (χ2n) is 4.14. The maximum atomic E-state index is 11.5. The molecule has 0 spiro atoms. The van der Waals surface area contributed by atoms with Gasteiger partial charge < -0.3 is 20.5 Å². The zero-order valence-electron chi connectivity index (χ0n) is 11.1. The van der Waals surface area contributed by atoms with Gasteiger partial charge in [0.05, 0.1) is 0 Å². The van der Waals surface area contributed by atoms with Crippen molar-refractivity contribution in [1.29, 1.82) is 0 Å². The fourth-order valence-corrected chi connectivity index (χ4v) is 1.59. The van der Waals surface area contributed by atoms with Crippen LogP contribution in [0.25, 0.3) is 0 Å². The summed E-state index contributed by atoms with van der Waals surface area (Å²) in [7, 11) is 0. The van der Waals surface area contributed by atoms with E-state index in [1.807, 2.05) is 30.3 Å². The van der Waals surface area contributed by atoms with Crippen LogP contribution < -0.4 is 15.4 Å². The van der Waals surface area contributed by atoms with Gasteiger partial charge in [-0.3, -0.25) is 4.79 Å². The highest BCUT2D eigenvalue weighted by atomic mass is 16.5. The highest BCUT2D eigenvalue weighted by molar-refractivity contribution is 5.91. The van der Waals surface area contributed by atoms with E-state index in [9.17, 15) is 9.59 Å². The zero-order valence-corrected chi connectivity index (χ0v) is 11.1. The Kier molecular flexibility index (Phi) is 4.76. The van der Waals surface area contributed by atoms with E-state index in [4.69, 9.17) is 9.84 Å². The van der Waals surface area contributed by atoms with Gasteiger partial charge >= 0.3 is 12.0 Å². The average Bonchev–Trinajstić information content (AvgIpc) is 2.46. The lowest BCUT2D eigenvalue weighted by molar-refractivity contribution is -0.135. The van der Waals surface area contributed by atoms with Crippen molar-refractivity contribution in [3.05, 3.63) is 54.6 Å². The molecule has 108 valence electrons. The molecular weight excluding hydrogens is 272 g/mol. The Balaban J connectivity index is 1.97. The van der Waals surface area contributed by atoms with Gasteiger partial charge in [0.15, 0.2) is 0 Å². The zero-order chi connectivity index (χ0) is 15.1. The Bertz CT molecular complexity index is 629. The number of para-hydroxylation sites is 1. The Hall–Kier alpha value is -3.02. The van der Waals surface area contributed by atoms with Crippen molar-refractivity contribution in [2.45, 2.75) is 0 Å². The first-order valence-corrected chi connectivity index (χ1v) is 6.23. The van der Waals surface area contributed by atoms with Crippen molar-refractivity contribution in [2.24, 2.45) is 0 Å². The molecule has 3 N–H and O–H groups in total. The molecular formula is C15H14N2O4. The van der Waals surface area contributed by atoms with Gasteiger partial charge in [0.25, 0.3) is 0 Å². The summed E-state index contributed by atoms with van der Waals surface area (Å²) in [5.41, 5.74) is 0.506. The summed E-state index contributed by atoms with van der Waals surface area (Å²) in [5.74, 6) is 0.147. The summed E-state index contributed by atoms with van der Waals surface area (Å²) < 4.78 is 5.63. The first kappa shape index (κ1) is 14.4. The molecule has 2 aromatic rings. The fraction of sp³-hybridized carbons (Fsp3) is 0.0667. The largest absolute Gasteiger partial charge is 0.480 e. The van der Waals surface area contributed by atoms with Crippen molar-refractivity contribution >= 4 is 17.7 Å². The molecule has 0 saturated heterocycles. The van der Waals surface area contributed by atoms with E-state index in [1.54, 1.807) is 24.3 Å². The summed E-state index contributed by atoms with van der Waals surface area (Å²) in [6.07, 6.45) is 0. The molecule has 2 amide bonds. The number of nitrogens with one attached hydrogen (secondary N) is 2. The SMILES string of the molecule is O=C(O)CNC(=O)Nc1cccc(Oc2ccccc2)c1. The van der Waals surface area contributed by atoms with E-state index in [0.717, 1.165) is 0 Å². The van der Waals surface area contributed by atoms with E-state index in [0.29, 0.717) is 17.2 Å². The number of carboxylic acids is 1. The Morgan fingerprint density at radius 2 is 1.71 bits per heavy atom. The number of benzene rings is 2. The third-order valence-electron chi connectivity index (χ3n) is 2.47. The van der Waals surface area contributed by atoms with Gasteiger partial charge in [0.1, 0.15) is 18.0 Å². The molecule has 0 unspecified atom stereocenters. The summed E-state index contributed by atoms with van der Waals surface area (Å²) in [6.45, 7) is -0.438. The van der Waals surface area contributed by atoms with Gasteiger partial charge in [-0.2, -0.15) is 0 Å². The van der Waals surface area contributed by atoms with E-state index in [1.165, 1.54) is 0 Å². The molecule has 6 heteroatoms. The molecule has 21 heavy (non-hydrogen) atoms. The van der Waals surface area contributed by atoms with E-state index in [2.05, 4.69) is 10.6 Å². The highest BCUT2D eigenvalue weighted by Crippen LogP contribution is 2.23. The Morgan fingerprint density at radius 1 is 1.00 bits per heavy atom. The smallest absolute Gasteiger partial charge is 0.323 e. The second kappa shape index (κ2) is 6.95. The van der Waals surface area contributed by atoms with Gasteiger partial charge in [0, 0.05) is 11.8 Å². The molecule has 0 aliphatic rings. The lowest BCUT2D eigenvalue weighted by Gasteiger charge is -2.09. The first-order chi connectivity index (χ1) is 10.1. The van der Waals surface area contributed by atoms with Crippen LogP contribution in [0.3, 0.4) is 0 Å². The number of carbonyl (C=O) groups excluding carboxylic acids is 1. The first-order valence-electron chi connectivity index (χ1n) is 6.23. The number of aliphatic carboxylic acids is 1. The van der Waals surface area contributed by atoms with Crippen LogP contribution in [0.1, 0.15) is 0 Å².